The van der Waals surface area contributed by atoms with E-state index in [4.69, 9.17) is 9.47 Å². The quantitative estimate of drug-likeness (QED) is 0.752. The number of para-hydroxylation sites is 2. The van der Waals surface area contributed by atoms with Crippen LogP contribution in [0.25, 0.3) is 0 Å². The molecule has 0 bridgehead atoms. The number of amides is 2. The number of imide groups is 1. The molecule has 0 aliphatic rings. The van der Waals surface area contributed by atoms with Crippen molar-refractivity contribution < 1.29 is 19.1 Å². The molecule has 0 aliphatic heterocycles. The molecule has 0 heterocycles. The molecule has 0 fully saturated rings. The van der Waals surface area contributed by atoms with Crippen LogP contribution in [0.3, 0.4) is 0 Å². The summed E-state index contributed by atoms with van der Waals surface area (Å²) >= 11 is 0. The summed E-state index contributed by atoms with van der Waals surface area (Å²) in [6, 6.07) is 6.80. The minimum atomic E-state index is -0.750. The van der Waals surface area contributed by atoms with Gasteiger partial charge in [0, 0.05) is 7.05 Å². The van der Waals surface area contributed by atoms with E-state index in [2.05, 4.69) is 0 Å². The highest BCUT2D eigenvalue weighted by Gasteiger charge is 2.13. The van der Waals surface area contributed by atoms with E-state index in [9.17, 15) is 9.59 Å². The molecule has 5 nitrogen and oxygen atoms in total. The molecule has 0 atom stereocenters. The first-order chi connectivity index (χ1) is 8.04. The van der Waals surface area contributed by atoms with Gasteiger partial charge >= 0.3 is 6.09 Å². The van der Waals surface area contributed by atoms with E-state index >= 15 is 0 Å². The molecule has 5 heteroatoms. The number of hydrogen-bond acceptors (Lipinski definition) is 4. The normalized spacial score (nSPS) is 9.88. The van der Waals surface area contributed by atoms with Crippen LogP contribution in [0, 0.1) is 0 Å². The number of carbonyl (C=O) groups excluding carboxylic acids is 2. The van der Waals surface area contributed by atoms with Crippen LogP contribution >= 0.6 is 0 Å². The minimum absolute atomic E-state index is 0.0290. The maximum absolute atomic E-state index is 11.4. The summed E-state index contributed by atoms with van der Waals surface area (Å²) in [6.45, 7) is 3.74. The van der Waals surface area contributed by atoms with Crippen molar-refractivity contribution >= 4 is 12.5 Å². The zero-order chi connectivity index (χ0) is 12.8. The summed E-state index contributed by atoms with van der Waals surface area (Å²) in [6.07, 6.45) is -0.396. The molecule has 0 radical (unpaired) electrons. The maximum Gasteiger partial charge on any atom is 0.421 e. The van der Waals surface area contributed by atoms with E-state index in [1.54, 1.807) is 24.3 Å². The van der Waals surface area contributed by atoms with Gasteiger partial charge < -0.3 is 9.47 Å². The number of benzene rings is 1. The average molecular weight is 237 g/mol. The van der Waals surface area contributed by atoms with Gasteiger partial charge in [0.2, 0.25) is 6.41 Å². The third-order valence-electron chi connectivity index (χ3n) is 1.86. The fourth-order valence-electron chi connectivity index (χ4n) is 1.09. The molecular weight excluding hydrogens is 222 g/mol. The highest BCUT2D eigenvalue weighted by atomic mass is 16.6. The third-order valence-corrected chi connectivity index (χ3v) is 1.86. The SMILES string of the molecule is CC(C)Oc1ccccc1OC(=O)N(C)C=O. The Morgan fingerprint density at radius 2 is 1.88 bits per heavy atom. The number of ether oxygens (including phenoxy) is 2. The molecule has 0 aliphatic carbocycles. The van der Waals surface area contributed by atoms with Crippen molar-refractivity contribution in [2.24, 2.45) is 0 Å². The summed E-state index contributed by atoms with van der Waals surface area (Å²) in [5.74, 6) is 0.759. The molecule has 0 saturated carbocycles. The Kier molecular flexibility index (Phi) is 4.51. The monoisotopic (exact) mass is 237 g/mol. The minimum Gasteiger partial charge on any atom is -0.487 e. The van der Waals surface area contributed by atoms with E-state index in [0.29, 0.717) is 17.9 Å². The van der Waals surface area contributed by atoms with Gasteiger partial charge in [-0.25, -0.2) is 4.79 Å². The molecular formula is C12H15NO4. The zero-order valence-electron chi connectivity index (χ0n) is 10.0. The van der Waals surface area contributed by atoms with Gasteiger partial charge in [0.25, 0.3) is 0 Å². The van der Waals surface area contributed by atoms with Crippen molar-refractivity contribution in [3.05, 3.63) is 24.3 Å². The van der Waals surface area contributed by atoms with Gasteiger partial charge in [-0.3, -0.25) is 9.69 Å². The van der Waals surface area contributed by atoms with Crippen molar-refractivity contribution in [2.45, 2.75) is 20.0 Å². The van der Waals surface area contributed by atoms with Crippen LogP contribution < -0.4 is 9.47 Å². The molecule has 0 spiro atoms. The first kappa shape index (κ1) is 13.0. The third kappa shape index (κ3) is 3.79. The zero-order valence-corrected chi connectivity index (χ0v) is 10.0. The number of carbonyl (C=O) groups is 2. The molecule has 1 aromatic carbocycles. The highest BCUT2D eigenvalue weighted by molar-refractivity contribution is 5.81. The first-order valence-corrected chi connectivity index (χ1v) is 5.20. The Morgan fingerprint density at radius 1 is 1.29 bits per heavy atom. The number of hydrogen-bond donors (Lipinski definition) is 0. The molecule has 92 valence electrons. The molecule has 2 amide bonds. The first-order valence-electron chi connectivity index (χ1n) is 5.20. The summed E-state index contributed by atoms with van der Waals surface area (Å²) in [4.78, 5) is 22.6. The number of rotatable bonds is 4. The molecule has 1 aromatic rings. The molecule has 1 rings (SSSR count). The Bertz CT molecular complexity index is 403. The van der Waals surface area contributed by atoms with Crippen molar-refractivity contribution in [3.8, 4) is 11.5 Å². The fraction of sp³-hybridized carbons (Fsp3) is 0.333. The molecule has 0 unspecified atom stereocenters. The van der Waals surface area contributed by atoms with Gasteiger partial charge in [0.1, 0.15) is 0 Å². The van der Waals surface area contributed by atoms with Crippen LogP contribution in [-0.2, 0) is 4.79 Å². The van der Waals surface area contributed by atoms with Crippen LogP contribution in [0.5, 0.6) is 11.5 Å². The largest absolute Gasteiger partial charge is 0.487 e. The Hall–Kier alpha value is -2.04. The summed E-state index contributed by atoms with van der Waals surface area (Å²) in [7, 11) is 1.32. The van der Waals surface area contributed by atoms with E-state index in [1.807, 2.05) is 13.8 Å². The van der Waals surface area contributed by atoms with Crippen LogP contribution in [-0.4, -0.2) is 30.6 Å². The van der Waals surface area contributed by atoms with Crippen molar-refractivity contribution in [3.63, 3.8) is 0 Å². The molecule has 0 saturated heterocycles. The second kappa shape index (κ2) is 5.89. The second-order valence-corrected chi connectivity index (χ2v) is 3.70. The lowest BCUT2D eigenvalue weighted by atomic mass is 10.3. The Balaban J connectivity index is 2.83. The Morgan fingerprint density at radius 3 is 2.41 bits per heavy atom. The van der Waals surface area contributed by atoms with Crippen molar-refractivity contribution in [2.75, 3.05) is 7.05 Å². The van der Waals surface area contributed by atoms with Gasteiger partial charge in [0.05, 0.1) is 6.10 Å². The second-order valence-electron chi connectivity index (χ2n) is 3.70. The van der Waals surface area contributed by atoms with Crippen molar-refractivity contribution in [1.82, 2.24) is 4.90 Å². The van der Waals surface area contributed by atoms with E-state index in [1.165, 1.54) is 7.05 Å². The molecule has 0 N–H and O–H groups in total. The van der Waals surface area contributed by atoms with Crippen LogP contribution in [0.2, 0.25) is 0 Å². The molecule has 0 aromatic heterocycles. The maximum atomic E-state index is 11.4. The van der Waals surface area contributed by atoms with Crippen LogP contribution in [0.4, 0.5) is 4.79 Å². The lowest BCUT2D eigenvalue weighted by Gasteiger charge is -2.15. The summed E-state index contributed by atoms with van der Waals surface area (Å²) in [5, 5.41) is 0. The Labute approximate surface area is 99.9 Å². The van der Waals surface area contributed by atoms with Gasteiger partial charge in [-0.2, -0.15) is 0 Å². The van der Waals surface area contributed by atoms with Crippen LogP contribution in [0.15, 0.2) is 24.3 Å². The molecule has 17 heavy (non-hydrogen) atoms. The van der Waals surface area contributed by atoms with Gasteiger partial charge in [-0.1, -0.05) is 12.1 Å². The number of nitrogens with zero attached hydrogens (tertiary/aromatic N) is 1. The van der Waals surface area contributed by atoms with E-state index < -0.39 is 6.09 Å². The lowest BCUT2D eigenvalue weighted by Crippen LogP contribution is -2.28. The van der Waals surface area contributed by atoms with E-state index in [0.717, 1.165) is 4.90 Å². The fourth-order valence-corrected chi connectivity index (χ4v) is 1.09. The predicted octanol–water partition coefficient (Wildman–Crippen LogP) is 2.06. The van der Waals surface area contributed by atoms with E-state index in [-0.39, 0.29) is 6.10 Å². The topological polar surface area (TPSA) is 55.8 Å². The summed E-state index contributed by atoms with van der Waals surface area (Å²) in [5.41, 5.74) is 0. The summed E-state index contributed by atoms with van der Waals surface area (Å²) < 4.78 is 10.5. The van der Waals surface area contributed by atoms with Crippen LogP contribution in [0.1, 0.15) is 13.8 Å². The van der Waals surface area contributed by atoms with Gasteiger partial charge in [0.15, 0.2) is 11.5 Å². The van der Waals surface area contributed by atoms with Gasteiger partial charge in [-0.05, 0) is 26.0 Å². The predicted molar refractivity (Wildman–Crippen MR) is 62.1 cm³/mol. The van der Waals surface area contributed by atoms with Gasteiger partial charge in [-0.15, -0.1) is 0 Å². The highest BCUT2D eigenvalue weighted by Crippen LogP contribution is 2.27. The lowest BCUT2D eigenvalue weighted by molar-refractivity contribution is -0.115. The smallest absolute Gasteiger partial charge is 0.421 e. The average Bonchev–Trinajstić information content (AvgIpc) is 2.29. The standard InChI is InChI=1S/C12H15NO4/c1-9(2)16-10-6-4-5-7-11(10)17-12(15)13(3)8-14/h4-9H,1-3H3. The van der Waals surface area contributed by atoms with Crippen molar-refractivity contribution in [1.29, 1.82) is 0 Å².